The number of aryl methyl sites for hydroxylation is 1. The van der Waals surface area contributed by atoms with Crippen LogP contribution in [0.5, 0.6) is 11.5 Å². The summed E-state index contributed by atoms with van der Waals surface area (Å²) >= 11 is 6.48. The smallest absolute Gasteiger partial charge is 0.231 e. The van der Waals surface area contributed by atoms with E-state index in [1.807, 2.05) is 17.7 Å². The Labute approximate surface area is 144 Å². The lowest BCUT2D eigenvalue weighted by Gasteiger charge is -2.24. The zero-order valence-electron chi connectivity index (χ0n) is 13.6. The van der Waals surface area contributed by atoms with Crippen molar-refractivity contribution in [3.8, 4) is 11.5 Å². The van der Waals surface area contributed by atoms with E-state index in [-0.39, 0.29) is 18.6 Å². The van der Waals surface area contributed by atoms with Crippen molar-refractivity contribution in [3.63, 3.8) is 0 Å². The highest BCUT2D eigenvalue weighted by Crippen LogP contribution is 2.45. The Morgan fingerprint density at radius 3 is 2.88 bits per heavy atom. The topological polar surface area (TPSA) is 65.4 Å². The summed E-state index contributed by atoms with van der Waals surface area (Å²) in [7, 11) is 0. The van der Waals surface area contributed by atoms with E-state index in [4.69, 9.17) is 21.1 Å². The molecule has 0 spiro atoms. The van der Waals surface area contributed by atoms with Gasteiger partial charge in [-0.3, -0.25) is 9.48 Å². The molecular formula is C17H18ClN3O3. The first-order chi connectivity index (χ1) is 11.6. The number of fused-ring (bicyclic) bond motifs is 2. The molecule has 126 valence electrons. The second-order valence-electron chi connectivity index (χ2n) is 6.10. The van der Waals surface area contributed by atoms with Gasteiger partial charge >= 0.3 is 0 Å². The second-order valence-corrected chi connectivity index (χ2v) is 6.51. The molecule has 24 heavy (non-hydrogen) atoms. The fraction of sp³-hybridized carbons (Fsp3) is 0.412. The first-order valence-corrected chi connectivity index (χ1v) is 8.42. The molecule has 6 nitrogen and oxygen atoms in total. The minimum Gasteiger partial charge on any atom is -0.454 e. The summed E-state index contributed by atoms with van der Waals surface area (Å²) in [6.07, 6.45) is 1.32. The summed E-state index contributed by atoms with van der Waals surface area (Å²) in [6.45, 7) is 5.15. The fourth-order valence-electron chi connectivity index (χ4n) is 3.43. The maximum atomic E-state index is 12.2. The van der Waals surface area contributed by atoms with Crippen LogP contribution in [0.2, 0.25) is 5.02 Å². The summed E-state index contributed by atoms with van der Waals surface area (Å²) < 4.78 is 12.8. The highest BCUT2D eigenvalue weighted by Gasteiger charge is 2.34. The van der Waals surface area contributed by atoms with Crippen LogP contribution in [0.3, 0.4) is 0 Å². The Bertz CT molecular complexity index is 831. The Hall–Kier alpha value is -2.21. The second kappa shape index (κ2) is 5.70. The van der Waals surface area contributed by atoms with Crippen LogP contribution in [0.4, 0.5) is 5.82 Å². The van der Waals surface area contributed by atoms with Crippen molar-refractivity contribution in [2.45, 2.75) is 39.2 Å². The number of rotatable bonds is 3. The van der Waals surface area contributed by atoms with Crippen LogP contribution in [0.1, 0.15) is 42.5 Å². The summed E-state index contributed by atoms with van der Waals surface area (Å²) in [6, 6.07) is 3.64. The molecule has 7 heteroatoms. The number of nitrogens with zero attached hydrogens (tertiary/aromatic N) is 2. The number of aromatic nitrogens is 2. The van der Waals surface area contributed by atoms with Gasteiger partial charge in [-0.15, -0.1) is 0 Å². The van der Waals surface area contributed by atoms with Crippen molar-refractivity contribution in [3.05, 3.63) is 34.0 Å². The van der Waals surface area contributed by atoms with Crippen molar-refractivity contribution >= 4 is 23.3 Å². The number of hydrogen-bond acceptors (Lipinski definition) is 4. The molecular weight excluding hydrogens is 330 g/mol. The van der Waals surface area contributed by atoms with Crippen LogP contribution < -0.4 is 14.8 Å². The van der Waals surface area contributed by atoms with E-state index in [0.717, 1.165) is 29.8 Å². The standard InChI is InChI=1S/C17H18ClN3O3/c1-3-4-21-9(2)16-11(6-15(22)19-17(16)20-21)10-5-13-14(7-12(10)18)24-8-23-13/h5,7,11H,3-4,6,8H2,1-2H3,(H,19,20,22). The molecule has 0 saturated heterocycles. The lowest BCUT2D eigenvalue weighted by Crippen LogP contribution is -2.23. The summed E-state index contributed by atoms with van der Waals surface area (Å²) in [5.41, 5.74) is 2.96. The average molecular weight is 348 g/mol. The molecule has 1 aromatic carbocycles. The molecule has 1 aromatic heterocycles. The summed E-state index contributed by atoms with van der Waals surface area (Å²) in [5.74, 6) is 1.75. The predicted octanol–water partition coefficient (Wildman–Crippen LogP) is 3.46. The van der Waals surface area contributed by atoms with E-state index in [1.165, 1.54) is 0 Å². The molecule has 0 aliphatic carbocycles. The molecule has 0 saturated carbocycles. The normalized spacial score (nSPS) is 18.5. The molecule has 1 atom stereocenters. The molecule has 0 bridgehead atoms. The number of ether oxygens (including phenoxy) is 2. The molecule has 2 aliphatic heterocycles. The molecule has 0 radical (unpaired) electrons. The van der Waals surface area contributed by atoms with E-state index in [0.29, 0.717) is 28.8 Å². The zero-order chi connectivity index (χ0) is 16.8. The van der Waals surface area contributed by atoms with E-state index in [1.54, 1.807) is 6.07 Å². The number of amides is 1. The number of benzene rings is 1. The number of anilines is 1. The molecule has 3 heterocycles. The Morgan fingerprint density at radius 1 is 1.38 bits per heavy atom. The van der Waals surface area contributed by atoms with Gasteiger partial charge in [-0.05, 0) is 25.0 Å². The van der Waals surface area contributed by atoms with Crippen LogP contribution in [0, 0.1) is 6.92 Å². The zero-order valence-corrected chi connectivity index (χ0v) is 14.3. The molecule has 2 aliphatic rings. The molecule has 0 fully saturated rings. The van der Waals surface area contributed by atoms with Gasteiger partial charge in [-0.1, -0.05) is 18.5 Å². The summed E-state index contributed by atoms with van der Waals surface area (Å²) in [5, 5.41) is 8.01. The van der Waals surface area contributed by atoms with Crippen LogP contribution in [-0.2, 0) is 11.3 Å². The van der Waals surface area contributed by atoms with Gasteiger partial charge in [0.2, 0.25) is 12.7 Å². The van der Waals surface area contributed by atoms with Crippen molar-refractivity contribution in [1.82, 2.24) is 9.78 Å². The summed E-state index contributed by atoms with van der Waals surface area (Å²) in [4.78, 5) is 12.2. The molecule has 2 aromatic rings. The van der Waals surface area contributed by atoms with Gasteiger partial charge < -0.3 is 14.8 Å². The van der Waals surface area contributed by atoms with Gasteiger partial charge in [-0.2, -0.15) is 5.10 Å². The number of halogens is 1. The fourth-order valence-corrected chi connectivity index (χ4v) is 3.72. The Balaban J connectivity index is 1.84. The average Bonchev–Trinajstić information content (AvgIpc) is 3.11. The van der Waals surface area contributed by atoms with E-state index in [9.17, 15) is 4.79 Å². The van der Waals surface area contributed by atoms with Crippen LogP contribution >= 0.6 is 11.6 Å². The minimum atomic E-state index is -0.138. The lowest BCUT2D eigenvalue weighted by molar-refractivity contribution is -0.116. The van der Waals surface area contributed by atoms with Gasteiger partial charge in [-0.25, -0.2) is 0 Å². The van der Waals surface area contributed by atoms with Crippen LogP contribution in [0.25, 0.3) is 0 Å². The molecule has 4 rings (SSSR count). The largest absolute Gasteiger partial charge is 0.454 e. The minimum absolute atomic E-state index is 0.0534. The van der Waals surface area contributed by atoms with Crippen molar-refractivity contribution < 1.29 is 14.3 Å². The van der Waals surface area contributed by atoms with E-state index in [2.05, 4.69) is 17.3 Å². The predicted molar refractivity (Wildman–Crippen MR) is 89.9 cm³/mol. The van der Waals surface area contributed by atoms with E-state index < -0.39 is 0 Å². The van der Waals surface area contributed by atoms with Crippen LogP contribution in [-0.4, -0.2) is 22.5 Å². The number of carbonyl (C=O) groups excluding carboxylic acids is 1. The first-order valence-electron chi connectivity index (χ1n) is 8.04. The Morgan fingerprint density at radius 2 is 2.12 bits per heavy atom. The molecule has 1 amide bonds. The van der Waals surface area contributed by atoms with Crippen molar-refractivity contribution in [2.75, 3.05) is 12.1 Å². The van der Waals surface area contributed by atoms with Crippen molar-refractivity contribution in [2.24, 2.45) is 0 Å². The molecule has 1 unspecified atom stereocenters. The van der Waals surface area contributed by atoms with Crippen molar-refractivity contribution in [1.29, 1.82) is 0 Å². The highest BCUT2D eigenvalue weighted by molar-refractivity contribution is 6.31. The monoisotopic (exact) mass is 347 g/mol. The van der Waals surface area contributed by atoms with Gasteiger partial charge in [0, 0.05) is 41.2 Å². The molecule has 1 N–H and O–H groups in total. The third kappa shape index (κ3) is 2.33. The third-order valence-electron chi connectivity index (χ3n) is 4.55. The quantitative estimate of drug-likeness (QED) is 0.923. The van der Waals surface area contributed by atoms with Gasteiger partial charge in [0.05, 0.1) is 0 Å². The maximum absolute atomic E-state index is 12.2. The van der Waals surface area contributed by atoms with Gasteiger partial charge in [0.15, 0.2) is 17.3 Å². The third-order valence-corrected chi connectivity index (χ3v) is 4.88. The highest BCUT2D eigenvalue weighted by atomic mass is 35.5. The number of hydrogen-bond donors (Lipinski definition) is 1. The lowest BCUT2D eigenvalue weighted by atomic mass is 9.85. The first kappa shape index (κ1) is 15.3. The SMILES string of the molecule is CCCn1nc2c(c1C)C(c1cc3c(cc1Cl)OCO3)CC(=O)N2. The Kier molecular flexibility index (Phi) is 3.64. The number of carbonyl (C=O) groups is 1. The van der Waals surface area contributed by atoms with Gasteiger partial charge in [0.25, 0.3) is 0 Å². The maximum Gasteiger partial charge on any atom is 0.231 e. The van der Waals surface area contributed by atoms with Gasteiger partial charge in [0.1, 0.15) is 0 Å². The van der Waals surface area contributed by atoms with Crippen LogP contribution in [0.15, 0.2) is 12.1 Å². The number of nitrogens with one attached hydrogen (secondary N) is 1. The van der Waals surface area contributed by atoms with E-state index >= 15 is 0 Å².